The van der Waals surface area contributed by atoms with Crippen LogP contribution < -0.4 is 15.2 Å². The lowest BCUT2D eigenvalue weighted by Crippen LogP contribution is -2.62. The Bertz CT molecular complexity index is 2540. The van der Waals surface area contributed by atoms with E-state index in [1.54, 1.807) is 29.7 Å². The number of amides is 2. The SMILES string of the molecule is CC[C@@](C)(NS(=O)(=O)c1ccc(Cl)c(COc2cccc3c(C)cc(C)nc23)c1Cl)C(=O)N1CCN(C(=O)[C@@H](N)CCCCN(C)C)CC1.O=C(O)C(F)(F)F.O=C(O)C(F)(F)F.O=C(O)C(F)(F)F.O=C(O)C(F)(F)F. The van der Waals surface area contributed by atoms with E-state index in [0.29, 0.717) is 30.8 Å². The van der Waals surface area contributed by atoms with Gasteiger partial charge in [-0.2, -0.15) is 57.4 Å². The molecule has 1 aromatic heterocycles. The number of piperazine rings is 1. The van der Waals surface area contributed by atoms with Crippen LogP contribution >= 0.6 is 23.2 Å². The molecule has 0 bridgehead atoms. The van der Waals surface area contributed by atoms with Gasteiger partial charge in [0.2, 0.25) is 21.8 Å². The Morgan fingerprint density at radius 3 is 1.62 bits per heavy atom. The molecular weight excluding hydrogens is 1140 g/mol. The smallest absolute Gasteiger partial charge is 0.487 e. The fourth-order valence-corrected chi connectivity index (χ4v) is 8.31. The molecule has 1 aliphatic rings. The summed E-state index contributed by atoms with van der Waals surface area (Å²) in [5.74, 6) is -11.0. The number of carbonyl (C=O) groups is 6. The topological polar surface area (TPSA) is 287 Å². The highest BCUT2D eigenvalue weighted by molar-refractivity contribution is 7.89. The van der Waals surface area contributed by atoms with Gasteiger partial charge in [0, 0.05) is 47.8 Å². The molecule has 0 aliphatic carbocycles. The van der Waals surface area contributed by atoms with Crippen molar-refractivity contribution in [1.82, 2.24) is 24.4 Å². The normalized spacial score (nSPS) is 14.2. The van der Waals surface area contributed by atoms with E-state index in [-0.39, 0.29) is 58.4 Å². The third-order valence-corrected chi connectivity index (χ3v) is 12.6. The average Bonchev–Trinajstić information content (AvgIpc) is 3.29. The number of carbonyl (C=O) groups excluding carboxylic acids is 2. The summed E-state index contributed by atoms with van der Waals surface area (Å²) in [5, 5.41) is 29.6. The number of aryl methyl sites for hydroxylation is 2. The number of fused-ring (bicyclic) bond motifs is 1. The molecule has 2 amide bonds. The van der Waals surface area contributed by atoms with Gasteiger partial charge >= 0.3 is 48.6 Å². The number of alkyl halides is 12. The third kappa shape index (κ3) is 24.1. The highest BCUT2D eigenvalue weighted by atomic mass is 35.5. The van der Waals surface area contributed by atoms with Crippen LogP contribution in [0.5, 0.6) is 5.75 Å². The number of nitrogens with zero attached hydrogens (tertiary/aromatic N) is 4. The number of hydrogen-bond acceptors (Lipinski definition) is 12. The van der Waals surface area contributed by atoms with Crippen molar-refractivity contribution in [2.24, 2.45) is 5.73 Å². The first kappa shape index (κ1) is 71.0. The van der Waals surface area contributed by atoms with Gasteiger partial charge in [-0.1, -0.05) is 48.7 Å². The van der Waals surface area contributed by atoms with Crippen molar-refractivity contribution in [3.63, 3.8) is 0 Å². The minimum Gasteiger partial charge on any atom is -0.487 e. The molecule has 2 heterocycles. The summed E-state index contributed by atoms with van der Waals surface area (Å²) in [4.78, 5) is 72.1. The summed E-state index contributed by atoms with van der Waals surface area (Å²) in [7, 11) is -0.290. The summed E-state index contributed by atoms with van der Waals surface area (Å²) < 4.78 is 163. The fourth-order valence-electron chi connectivity index (χ4n) is 5.99. The summed E-state index contributed by atoms with van der Waals surface area (Å²) in [6.07, 6.45) is -17.7. The van der Waals surface area contributed by atoms with Gasteiger partial charge in [-0.15, -0.1) is 0 Å². The molecule has 7 N–H and O–H groups in total. The molecule has 19 nitrogen and oxygen atoms in total. The van der Waals surface area contributed by atoms with E-state index in [4.69, 9.17) is 73.3 Å². The highest BCUT2D eigenvalue weighted by Gasteiger charge is 2.43. The number of aromatic nitrogens is 1. The number of rotatable bonds is 14. The Morgan fingerprint density at radius 2 is 1.21 bits per heavy atom. The first-order valence-corrected chi connectivity index (χ1v) is 23.8. The Labute approximate surface area is 440 Å². The number of pyridine rings is 1. The summed E-state index contributed by atoms with van der Waals surface area (Å²) in [5.41, 5.74) is 7.58. The van der Waals surface area contributed by atoms with Gasteiger partial charge in [-0.05, 0) is 90.5 Å². The number of para-hydroxylation sites is 1. The molecule has 1 saturated heterocycles. The first-order chi connectivity index (χ1) is 34.8. The average molecular weight is 1190 g/mol. The van der Waals surface area contributed by atoms with Crippen LogP contribution in [0.4, 0.5) is 52.7 Å². The lowest BCUT2D eigenvalue weighted by molar-refractivity contribution is -0.193. The monoisotopic (exact) mass is 1190 g/mol. The van der Waals surface area contributed by atoms with Crippen molar-refractivity contribution >= 4 is 79.8 Å². The van der Waals surface area contributed by atoms with E-state index in [1.807, 2.05) is 46.1 Å². The zero-order valence-electron chi connectivity index (χ0n) is 41.1. The molecule has 436 valence electrons. The number of sulfonamides is 1. The Hall–Kier alpha value is -5.96. The summed E-state index contributed by atoms with van der Waals surface area (Å²) >= 11 is 13.2. The molecule has 0 saturated carbocycles. The summed E-state index contributed by atoms with van der Waals surface area (Å²) in [6, 6.07) is 9.77. The van der Waals surface area contributed by atoms with E-state index in [0.717, 1.165) is 36.0 Å². The van der Waals surface area contributed by atoms with Crippen LogP contribution in [-0.2, 0) is 45.4 Å². The number of halogens is 14. The van der Waals surface area contributed by atoms with Gasteiger partial charge in [-0.3, -0.25) is 9.59 Å². The molecule has 1 aliphatic heterocycles. The van der Waals surface area contributed by atoms with Gasteiger partial charge in [0.1, 0.15) is 28.3 Å². The second-order valence-electron chi connectivity index (χ2n) is 16.4. The Balaban J connectivity index is 0.00000167. The maximum absolute atomic E-state index is 13.8. The third-order valence-electron chi connectivity index (χ3n) is 10.0. The molecule has 2 atom stereocenters. The number of unbranched alkanes of at least 4 members (excludes halogenated alkanes) is 1. The van der Waals surface area contributed by atoms with Gasteiger partial charge in [0.15, 0.2) is 0 Å². The van der Waals surface area contributed by atoms with Crippen molar-refractivity contribution < 1.29 is 115 Å². The Kier molecular flexibility index (Phi) is 27.4. The van der Waals surface area contributed by atoms with Crippen LogP contribution in [-0.4, -0.2) is 167 Å². The van der Waals surface area contributed by atoms with Crippen LogP contribution in [0.25, 0.3) is 10.9 Å². The molecule has 2 aromatic carbocycles. The second kappa shape index (κ2) is 29.7. The quantitative estimate of drug-likeness (QED) is 0.0675. The molecule has 0 unspecified atom stereocenters. The minimum absolute atomic E-state index is 0.100. The fraction of sp³-hybridized carbons (Fsp3) is 0.512. The second-order valence-corrected chi connectivity index (χ2v) is 18.8. The number of hydrogen-bond donors (Lipinski definition) is 6. The number of nitrogens with two attached hydrogens (primary N) is 1. The van der Waals surface area contributed by atoms with E-state index in [1.165, 1.54) is 12.1 Å². The number of benzene rings is 2. The highest BCUT2D eigenvalue weighted by Crippen LogP contribution is 2.35. The van der Waals surface area contributed by atoms with Crippen LogP contribution in [0.2, 0.25) is 10.0 Å². The number of carboxylic acid groups (broad SMARTS) is 4. The minimum atomic E-state index is -5.08. The largest absolute Gasteiger partial charge is 0.490 e. The maximum Gasteiger partial charge on any atom is 0.490 e. The number of nitrogens with one attached hydrogen (secondary N) is 1. The first-order valence-electron chi connectivity index (χ1n) is 21.5. The van der Waals surface area contributed by atoms with Gasteiger partial charge in [-0.25, -0.2) is 32.6 Å². The van der Waals surface area contributed by atoms with Gasteiger partial charge in [0.25, 0.3) is 0 Å². The number of aliphatic carboxylic acids is 4. The van der Waals surface area contributed by atoms with Crippen molar-refractivity contribution in [2.45, 2.75) is 101 Å². The molecule has 0 radical (unpaired) electrons. The lowest BCUT2D eigenvalue weighted by atomic mass is 9.98. The summed E-state index contributed by atoms with van der Waals surface area (Å²) in [6.45, 7) is 9.19. The van der Waals surface area contributed by atoms with Crippen LogP contribution in [0.15, 0.2) is 41.3 Å². The molecule has 0 spiro atoms. The van der Waals surface area contributed by atoms with E-state index < -0.39 is 70.2 Å². The van der Waals surface area contributed by atoms with Gasteiger partial charge in [0.05, 0.1) is 11.1 Å². The maximum atomic E-state index is 13.8. The van der Waals surface area contributed by atoms with Crippen molar-refractivity contribution in [2.75, 3.05) is 46.8 Å². The molecule has 1 fully saturated rings. The zero-order valence-corrected chi connectivity index (χ0v) is 43.5. The van der Waals surface area contributed by atoms with Crippen LogP contribution in [0, 0.1) is 13.8 Å². The van der Waals surface area contributed by atoms with Crippen LogP contribution in [0.3, 0.4) is 0 Å². The predicted molar refractivity (Wildman–Crippen MR) is 249 cm³/mol. The molecule has 34 heteroatoms. The molecule has 77 heavy (non-hydrogen) atoms. The van der Waals surface area contributed by atoms with Crippen molar-refractivity contribution in [3.8, 4) is 5.75 Å². The van der Waals surface area contributed by atoms with Crippen LogP contribution in [0.1, 0.15) is 56.4 Å². The van der Waals surface area contributed by atoms with Crippen molar-refractivity contribution in [1.29, 1.82) is 0 Å². The van der Waals surface area contributed by atoms with E-state index >= 15 is 0 Å². The standard InChI is InChI=1S/C35H48Cl2N6O5S.4C2HF3O2/c1-7-35(4,34(45)43-19-17-42(18-20-43)33(44)28(38)12-8-9-16-41(5)6)40-49(46,47)30-15-14-27(36)26(31(30)37)22-48-29-13-10-11-25-23(2)21-24(3)39-32(25)29;4*3-2(4,5)1(6)7/h10-11,13-15,21,28,40H,7-9,12,16-20,22,38H2,1-6H3;4*(H,6,7)/t28-,35+;;;;/m0..../s1. The number of carboxylic acids is 4. The molecular formula is C43H52Cl2F12N6O13S. The molecule has 4 rings (SSSR count). The number of ether oxygens (including phenoxy) is 1. The lowest BCUT2D eigenvalue weighted by Gasteiger charge is -2.40. The van der Waals surface area contributed by atoms with Crippen molar-refractivity contribution in [3.05, 3.63) is 63.3 Å². The molecule has 3 aromatic rings. The zero-order chi connectivity index (χ0) is 60.4. The predicted octanol–water partition coefficient (Wildman–Crippen LogP) is 7.45. The van der Waals surface area contributed by atoms with E-state index in [2.05, 4.69) is 14.6 Å². The van der Waals surface area contributed by atoms with E-state index in [9.17, 15) is 70.7 Å². The Morgan fingerprint density at radius 1 is 0.766 bits per heavy atom. The van der Waals surface area contributed by atoms with Gasteiger partial charge < -0.3 is 45.6 Å².